The minimum Gasteiger partial charge on any atom is -0.352 e. The van der Waals surface area contributed by atoms with Crippen molar-refractivity contribution in [2.75, 3.05) is 6.54 Å². The number of halogens is 1. The number of aryl methyl sites for hydroxylation is 2. The quantitative estimate of drug-likeness (QED) is 0.409. The number of carbonyl (C=O) groups excluding carboxylic acids is 1. The summed E-state index contributed by atoms with van der Waals surface area (Å²) in [6.07, 6.45) is 1.58. The van der Waals surface area contributed by atoms with Crippen LogP contribution in [0.5, 0.6) is 0 Å². The zero-order valence-corrected chi connectivity index (χ0v) is 17.7. The predicted octanol–water partition coefficient (Wildman–Crippen LogP) is 5.41. The topological polar surface area (TPSA) is 46.9 Å². The van der Waals surface area contributed by atoms with Crippen molar-refractivity contribution in [2.45, 2.75) is 26.3 Å². The highest BCUT2D eigenvalue weighted by Gasteiger charge is 2.12. The first kappa shape index (κ1) is 20.2. The van der Waals surface area contributed by atoms with E-state index in [1.807, 2.05) is 73.7 Å². The van der Waals surface area contributed by atoms with Gasteiger partial charge in [-0.1, -0.05) is 59.6 Å². The van der Waals surface area contributed by atoms with Gasteiger partial charge in [0.15, 0.2) is 0 Å². The number of carbonyl (C=O) groups is 1. The Bertz CT molecular complexity index is 1180. The van der Waals surface area contributed by atoms with E-state index in [1.165, 1.54) is 0 Å². The lowest BCUT2D eigenvalue weighted by atomic mass is 10.1. The number of amides is 1. The summed E-state index contributed by atoms with van der Waals surface area (Å²) >= 11 is 6.39. The molecule has 1 aromatic heterocycles. The Labute approximate surface area is 181 Å². The lowest BCUT2D eigenvalue weighted by Crippen LogP contribution is -2.25. The van der Waals surface area contributed by atoms with E-state index in [4.69, 9.17) is 16.6 Å². The van der Waals surface area contributed by atoms with Crippen molar-refractivity contribution < 1.29 is 4.79 Å². The second kappa shape index (κ2) is 9.14. The molecule has 1 N–H and O–H groups in total. The molecule has 152 valence electrons. The van der Waals surface area contributed by atoms with Crippen LogP contribution in [0.3, 0.4) is 0 Å². The van der Waals surface area contributed by atoms with Gasteiger partial charge >= 0.3 is 0 Å². The Kier molecular flexibility index (Phi) is 6.15. The lowest BCUT2D eigenvalue weighted by molar-refractivity contribution is 0.0953. The van der Waals surface area contributed by atoms with E-state index in [9.17, 15) is 4.79 Å². The summed E-state index contributed by atoms with van der Waals surface area (Å²) in [6.45, 7) is 3.26. The molecule has 4 rings (SSSR count). The summed E-state index contributed by atoms with van der Waals surface area (Å²) in [4.78, 5) is 17.2. The van der Waals surface area contributed by atoms with Crippen molar-refractivity contribution in [2.24, 2.45) is 0 Å². The minimum atomic E-state index is -0.0386. The molecule has 0 unspecified atom stereocenters. The molecule has 4 nitrogen and oxygen atoms in total. The molecule has 0 radical (unpaired) electrons. The van der Waals surface area contributed by atoms with Gasteiger partial charge in [-0.15, -0.1) is 0 Å². The normalized spacial score (nSPS) is 11.0. The summed E-state index contributed by atoms with van der Waals surface area (Å²) in [5.41, 5.74) is 4.91. The molecular formula is C25H24ClN3O. The van der Waals surface area contributed by atoms with Gasteiger partial charge in [-0.2, -0.15) is 0 Å². The van der Waals surface area contributed by atoms with Crippen LogP contribution < -0.4 is 5.32 Å². The largest absolute Gasteiger partial charge is 0.352 e. The molecular weight excluding hydrogens is 394 g/mol. The van der Waals surface area contributed by atoms with Gasteiger partial charge < -0.3 is 9.88 Å². The molecule has 0 aliphatic rings. The molecule has 1 amide bonds. The zero-order chi connectivity index (χ0) is 20.9. The first-order valence-electron chi connectivity index (χ1n) is 10.1. The predicted molar refractivity (Wildman–Crippen MR) is 122 cm³/mol. The van der Waals surface area contributed by atoms with Crippen LogP contribution in [0.25, 0.3) is 11.0 Å². The van der Waals surface area contributed by atoms with Crippen LogP contribution in [-0.2, 0) is 13.0 Å². The second-order valence-corrected chi connectivity index (χ2v) is 7.83. The van der Waals surface area contributed by atoms with E-state index in [0.717, 1.165) is 45.8 Å². The number of benzene rings is 3. The highest BCUT2D eigenvalue weighted by atomic mass is 35.5. The van der Waals surface area contributed by atoms with Gasteiger partial charge in [0.1, 0.15) is 5.82 Å². The number of hydrogen-bond donors (Lipinski definition) is 1. The third kappa shape index (κ3) is 4.55. The van der Waals surface area contributed by atoms with E-state index in [2.05, 4.69) is 16.0 Å². The summed E-state index contributed by atoms with van der Waals surface area (Å²) in [5, 5.41) is 3.77. The fourth-order valence-electron chi connectivity index (χ4n) is 3.63. The number of rotatable bonds is 7. The molecule has 0 atom stereocenters. The lowest BCUT2D eigenvalue weighted by Gasteiger charge is -2.11. The van der Waals surface area contributed by atoms with Crippen LogP contribution in [0, 0.1) is 6.92 Å². The molecule has 4 aromatic rings. The molecule has 0 spiro atoms. The summed E-state index contributed by atoms with van der Waals surface area (Å²) in [5.74, 6) is 0.962. The molecule has 0 saturated heterocycles. The van der Waals surface area contributed by atoms with Gasteiger partial charge in [0.05, 0.1) is 17.6 Å². The Balaban J connectivity index is 1.46. The van der Waals surface area contributed by atoms with Gasteiger partial charge in [-0.3, -0.25) is 4.79 Å². The zero-order valence-electron chi connectivity index (χ0n) is 16.9. The number of nitrogens with one attached hydrogen (secondary N) is 1. The molecule has 5 heteroatoms. The van der Waals surface area contributed by atoms with Gasteiger partial charge in [0.2, 0.25) is 0 Å². The number of hydrogen-bond acceptors (Lipinski definition) is 2. The average molecular weight is 418 g/mol. The van der Waals surface area contributed by atoms with Crippen LogP contribution in [-0.4, -0.2) is 22.0 Å². The highest BCUT2D eigenvalue weighted by molar-refractivity contribution is 6.31. The first-order valence-corrected chi connectivity index (χ1v) is 10.5. The fourth-order valence-corrected chi connectivity index (χ4v) is 3.82. The third-order valence-electron chi connectivity index (χ3n) is 5.16. The van der Waals surface area contributed by atoms with E-state index >= 15 is 0 Å². The summed E-state index contributed by atoms with van der Waals surface area (Å²) < 4.78 is 2.22. The first-order chi connectivity index (χ1) is 14.6. The molecule has 1 heterocycles. The van der Waals surface area contributed by atoms with E-state index in [1.54, 1.807) is 0 Å². The SMILES string of the molecule is Cc1cccc(C(=O)NCCCc2nc3ccccc3n2Cc2ccccc2Cl)c1. The molecule has 0 aliphatic carbocycles. The Morgan fingerprint density at radius 3 is 2.67 bits per heavy atom. The maximum Gasteiger partial charge on any atom is 0.251 e. The number of para-hydroxylation sites is 2. The second-order valence-electron chi connectivity index (χ2n) is 7.42. The van der Waals surface area contributed by atoms with E-state index in [-0.39, 0.29) is 5.91 Å². The molecule has 0 aliphatic heterocycles. The van der Waals surface area contributed by atoms with Crippen LogP contribution in [0.15, 0.2) is 72.8 Å². The molecule has 0 bridgehead atoms. The van der Waals surface area contributed by atoms with Crippen molar-refractivity contribution in [1.29, 1.82) is 0 Å². The highest BCUT2D eigenvalue weighted by Crippen LogP contribution is 2.22. The average Bonchev–Trinajstić information content (AvgIpc) is 3.10. The van der Waals surface area contributed by atoms with Crippen molar-refractivity contribution in [3.8, 4) is 0 Å². The van der Waals surface area contributed by atoms with Crippen LogP contribution in [0.1, 0.15) is 33.7 Å². The smallest absolute Gasteiger partial charge is 0.251 e. The van der Waals surface area contributed by atoms with Crippen molar-refractivity contribution in [1.82, 2.24) is 14.9 Å². The molecule has 3 aromatic carbocycles. The van der Waals surface area contributed by atoms with Crippen molar-refractivity contribution in [3.63, 3.8) is 0 Å². The Hall–Kier alpha value is -3.11. The number of nitrogens with zero attached hydrogens (tertiary/aromatic N) is 2. The van der Waals surface area contributed by atoms with Crippen LogP contribution in [0.2, 0.25) is 5.02 Å². The Morgan fingerprint density at radius 1 is 1.03 bits per heavy atom. The van der Waals surface area contributed by atoms with Crippen LogP contribution in [0.4, 0.5) is 0 Å². The van der Waals surface area contributed by atoms with Crippen molar-refractivity contribution >= 4 is 28.5 Å². The standard InChI is InChI=1S/C25H24ClN3O/c1-18-8-6-10-19(16-18)25(30)27-15-7-14-24-28-22-12-4-5-13-23(22)29(24)17-20-9-2-3-11-21(20)26/h2-6,8-13,16H,7,14-15,17H2,1H3,(H,27,30). The monoisotopic (exact) mass is 417 g/mol. The summed E-state index contributed by atoms with van der Waals surface area (Å²) in [7, 11) is 0. The third-order valence-corrected chi connectivity index (χ3v) is 5.53. The number of imidazole rings is 1. The van der Waals surface area contributed by atoms with Gasteiger partial charge in [0.25, 0.3) is 5.91 Å². The maximum absolute atomic E-state index is 12.3. The molecule has 30 heavy (non-hydrogen) atoms. The van der Waals surface area contributed by atoms with Crippen molar-refractivity contribution in [3.05, 3.63) is 100 Å². The van der Waals surface area contributed by atoms with E-state index < -0.39 is 0 Å². The minimum absolute atomic E-state index is 0.0386. The number of aromatic nitrogens is 2. The van der Waals surface area contributed by atoms with Gasteiger partial charge in [0, 0.05) is 23.6 Å². The maximum atomic E-state index is 12.3. The van der Waals surface area contributed by atoms with Crippen LogP contribution >= 0.6 is 11.6 Å². The Morgan fingerprint density at radius 2 is 1.83 bits per heavy atom. The summed E-state index contributed by atoms with van der Waals surface area (Å²) in [6, 6.07) is 23.7. The fraction of sp³-hybridized carbons (Fsp3) is 0.200. The van der Waals surface area contributed by atoms with E-state index in [0.29, 0.717) is 18.7 Å². The molecule has 0 saturated carbocycles. The number of fused-ring (bicyclic) bond motifs is 1. The van der Waals surface area contributed by atoms with Gasteiger partial charge in [-0.25, -0.2) is 4.98 Å². The van der Waals surface area contributed by atoms with Gasteiger partial charge in [-0.05, 0) is 49.2 Å². The molecule has 0 fully saturated rings.